The highest BCUT2D eigenvalue weighted by Gasteiger charge is 2.28. The van der Waals surface area contributed by atoms with Gasteiger partial charge in [-0.05, 0) is 51.0 Å². The minimum atomic E-state index is -0.919. The van der Waals surface area contributed by atoms with Crippen molar-refractivity contribution >= 4 is 23.8 Å². The smallest absolute Gasteiger partial charge is 0.372 e. The van der Waals surface area contributed by atoms with Crippen molar-refractivity contribution in [3.8, 4) is 0 Å². The Hall–Kier alpha value is -2.68. The summed E-state index contributed by atoms with van der Waals surface area (Å²) in [6, 6.07) is -0.239. The van der Waals surface area contributed by atoms with Crippen LogP contribution in [0.15, 0.2) is 24.5 Å². The molecule has 1 heterocycles. The molecule has 1 aliphatic heterocycles. The van der Waals surface area contributed by atoms with Crippen molar-refractivity contribution in [3.63, 3.8) is 0 Å². The number of carbonyl (C=O) groups excluding carboxylic acids is 4. The number of hydrogen-bond acceptors (Lipinski definition) is 8. The van der Waals surface area contributed by atoms with E-state index in [2.05, 4.69) is 11.9 Å². The quantitative estimate of drug-likeness (QED) is 0.163. The van der Waals surface area contributed by atoms with E-state index in [1.54, 1.807) is 0 Å². The van der Waals surface area contributed by atoms with E-state index in [4.69, 9.17) is 14.2 Å². The Balaban J connectivity index is 2.74. The first-order valence-electron chi connectivity index (χ1n) is 11.6. The molecule has 9 heteroatoms. The van der Waals surface area contributed by atoms with E-state index in [-0.39, 0.29) is 30.6 Å². The van der Waals surface area contributed by atoms with Gasteiger partial charge in [0.1, 0.15) is 0 Å². The molecule has 0 aromatic carbocycles. The van der Waals surface area contributed by atoms with Crippen molar-refractivity contribution < 1.29 is 38.5 Å². The number of esters is 3. The van der Waals surface area contributed by atoms with Crippen LogP contribution in [-0.2, 0) is 33.4 Å². The van der Waals surface area contributed by atoms with E-state index in [0.717, 1.165) is 18.9 Å². The first-order chi connectivity index (χ1) is 15.7. The molecule has 0 radical (unpaired) electrons. The van der Waals surface area contributed by atoms with Crippen molar-refractivity contribution in [1.29, 1.82) is 0 Å². The lowest BCUT2D eigenvalue weighted by Crippen LogP contribution is -2.28. The van der Waals surface area contributed by atoms with Crippen LogP contribution in [0.1, 0.15) is 65.7 Å². The zero-order chi connectivity index (χ0) is 24.8. The summed E-state index contributed by atoms with van der Waals surface area (Å²) in [5, 5.41) is 11.9. The molecule has 4 unspecified atom stereocenters. The monoisotopic (exact) mass is 467 g/mol. The molecule has 186 valence electrons. The van der Waals surface area contributed by atoms with Crippen LogP contribution in [0.2, 0.25) is 0 Å². The maximum Gasteiger partial charge on any atom is 0.372 e. The number of aliphatic hydroxyl groups is 1. The lowest BCUT2D eigenvalue weighted by molar-refractivity contribution is -0.160. The fourth-order valence-electron chi connectivity index (χ4n) is 3.54. The number of carbonyl (C=O) groups is 4. The second-order valence-corrected chi connectivity index (χ2v) is 8.20. The van der Waals surface area contributed by atoms with Crippen molar-refractivity contribution in [2.75, 3.05) is 13.2 Å². The number of amides is 1. The van der Waals surface area contributed by atoms with Crippen LogP contribution < -0.4 is 5.32 Å². The minimum Gasteiger partial charge on any atom is -0.502 e. The number of ether oxygens (including phenoxy) is 3. The Morgan fingerprint density at radius 1 is 1.21 bits per heavy atom. The molecule has 33 heavy (non-hydrogen) atoms. The van der Waals surface area contributed by atoms with E-state index < -0.39 is 29.6 Å². The molecule has 1 amide bonds. The van der Waals surface area contributed by atoms with E-state index in [1.807, 2.05) is 20.8 Å². The second kappa shape index (κ2) is 15.2. The second-order valence-electron chi connectivity index (χ2n) is 8.20. The van der Waals surface area contributed by atoms with Gasteiger partial charge in [0.05, 0.1) is 18.6 Å². The first kappa shape index (κ1) is 28.4. The van der Waals surface area contributed by atoms with Gasteiger partial charge in [-0.25, -0.2) is 9.59 Å². The highest BCUT2D eigenvalue weighted by atomic mass is 16.6. The molecule has 9 nitrogen and oxygen atoms in total. The predicted molar refractivity (Wildman–Crippen MR) is 121 cm³/mol. The minimum absolute atomic E-state index is 0.0244. The lowest BCUT2D eigenvalue weighted by Gasteiger charge is -2.25. The molecule has 1 fully saturated rings. The molecule has 0 aromatic rings. The van der Waals surface area contributed by atoms with Gasteiger partial charge in [-0.15, -0.1) is 0 Å². The van der Waals surface area contributed by atoms with Crippen molar-refractivity contribution in [2.45, 2.75) is 77.9 Å². The van der Waals surface area contributed by atoms with Crippen LogP contribution in [0.3, 0.4) is 0 Å². The molecular weight excluding hydrogens is 430 g/mol. The molecule has 1 rings (SSSR count). The largest absolute Gasteiger partial charge is 0.502 e. The van der Waals surface area contributed by atoms with Crippen molar-refractivity contribution in [2.24, 2.45) is 11.8 Å². The SMILES string of the molecule is C=C(O)C(=O)OCC(CC(CC)OCCC)CC(CC)C(=O)OC(=O)/C=C/C1CCC(=O)N1. The van der Waals surface area contributed by atoms with Gasteiger partial charge < -0.3 is 24.6 Å². The molecule has 1 saturated heterocycles. The molecule has 0 aliphatic carbocycles. The van der Waals surface area contributed by atoms with Gasteiger partial charge in [0, 0.05) is 25.1 Å². The fraction of sp³-hybridized carbons (Fsp3) is 0.667. The van der Waals surface area contributed by atoms with Crippen molar-refractivity contribution in [3.05, 3.63) is 24.5 Å². The van der Waals surface area contributed by atoms with E-state index >= 15 is 0 Å². The van der Waals surface area contributed by atoms with Crippen LogP contribution in [0.5, 0.6) is 0 Å². The van der Waals surface area contributed by atoms with Crippen LogP contribution in [0.4, 0.5) is 0 Å². The number of hydrogen-bond donors (Lipinski definition) is 2. The topological polar surface area (TPSA) is 128 Å². The van der Waals surface area contributed by atoms with E-state index in [0.29, 0.717) is 38.7 Å². The van der Waals surface area contributed by atoms with E-state index in [9.17, 15) is 24.3 Å². The summed E-state index contributed by atoms with van der Waals surface area (Å²) in [5.74, 6) is -3.97. The normalized spacial score (nSPS) is 18.4. The zero-order valence-electron chi connectivity index (χ0n) is 19.8. The molecule has 4 atom stereocenters. The Kier molecular flexibility index (Phi) is 13.1. The maximum atomic E-state index is 12.6. The zero-order valence-corrected chi connectivity index (χ0v) is 19.8. The average Bonchev–Trinajstić information content (AvgIpc) is 3.21. The van der Waals surface area contributed by atoms with Gasteiger partial charge in [-0.2, -0.15) is 0 Å². The molecule has 0 bridgehead atoms. The third-order valence-corrected chi connectivity index (χ3v) is 5.43. The molecule has 0 spiro atoms. The molecule has 1 aliphatic rings. The Labute approximate surface area is 195 Å². The number of rotatable bonds is 15. The predicted octanol–water partition coefficient (Wildman–Crippen LogP) is 3.13. The third kappa shape index (κ3) is 11.1. The standard InChI is InChI=1S/C24H37NO8/c1-5-12-31-20(7-3)14-17(15-32-23(29)16(4)26)13-18(6-2)24(30)33-22(28)11-9-19-8-10-21(27)25-19/h9,11,17-20,26H,4-8,10,12-15H2,1-3H3,(H,25,27)/b11-9+. The maximum absolute atomic E-state index is 12.6. The summed E-state index contributed by atoms with van der Waals surface area (Å²) in [4.78, 5) is 47.5. The summed E-state index contributed by atoms with van der Waals surface area (Å²) in [6.45, 7) is 9.53. The average molecular weight is 468 g/mol. The highest BCUT2D eigenvalue weighted by Crippen LogP contribution is 2.24. The van der Waals surface area contributed by atoms with Gasteiger partial charge >= 0.3 is 17.9 Å². The van der Waals surface area contributed by atoms with Gasteiger partial charge in [-0.1, -0.05) is 26.8 Å². The lowest BCUT2D eigenvalue weighted by atomic mass is 9.88. The third-order valence-electron chi connectivity index (χ3n) is 5.43. The number of aliphatic hydroxyl groups excluding tert-OH is 1. The molecule has 0 saturated carbocycles. The van der Waals surface area contributed by atoms with Gasteiger partial charge in [-0.3, -0.25) is 9.59 Å². The first-order valence-corrected chi connectivity index (χ1v) is 11.6. The Morgan fingerprint density at radius 2 is 1.94 bits per heavy atom. The molecule has 0 aromatic heterocycles. The van der Waals surface area contributed by atoms with Crippen LogP contribution in [0, 0.1) is 11.8 Å². The summed E-state index contributed by atoms with van der Waals surface area (Å²) >= 11 is 0. The Bertz CT molecular complexity index is 717. The number of nitrogens with one attached hydrogen (secondary N) is 1. The summed E-state index contributed by atoms with van der Waals surface area (Å²) in [7, 11) is 0. The highest BCUT2D eigenvalue weighted by molar-refractivity contribution is 5.93. The molecule has 2 N–H and O–H groups in total. The van der Waals surface area contributed by atoms with Gasteiger partial charge in [0.25, 0.3) is 0 Å². The molecular formula is C24H37NO8. The van der Waals surface area contributed by atoms with Gasteiger partial charge in [0.2, 0.25) is 5.91 Å². The summed E-state index contributed by atoms with van der Waals surface area (Å²) in [5.41, 5.74) is 0. The van der Waals surface area contributed by atoms with Crippen LogP contribution in [-0.4, -0.2) is 54.3 Å². The van der Waals surface area contributed by atoms with Gasteiger partial charge in [0.15, 0.2) is 5.76 Å². The fourth-order valence-corrected chi connectivity index (χ4v) is 3.54. The summed E-state index contributed by atoms with van der Waals surface area (Å²) in [6.07, 6.45) is 6.49. The van der Waals surface area contributed by atoms with Crippen molar-refractivity contribution in [1.82, 2.24) is 5.32 Å². The summed E-state index contributed by atoms with van der Waals surface area (Å²) < 4.78 is 15.9. The van der Waals surface area contributed by atoms with E-state index in [1.165, 1.54) is 6.08 Å². The Morgan fingerprint density at radius 3 is 2.48 bits per heavy atom. The van der Waals surface area contributed by atoms with Crippen LogP contribution >= 0.6 is 0 Å². The van der Waals surface area contributed by atoms with Crippen LogP contribution in [0.25, 0.3) is 0 Å².